The van der Waals surface area contributed by atoms with Gasteiger partial charge in [0, 0.05) is 35.8 Å². The highest BCUT2D eigenvalue weighted by Gasteiger charge is 2.39. The third kappa shape index (κ3) is 5.18. The van der Waals surface area contributed by atoms with Crippen LogP contribution in [0.3, 0.4) is 0 Å². The Bertz CT molecular complexity index is 1100. The van der Waals surface area contributed by atoms with E-state index in [4.69, 9.17) is 0 Å². The summed E-state index contributed by atoms with van der Waals surface area (Å²) >= 11 is 1.28. The molecule has 184 valence electrons. The van der Waals surface area contributed by atoms with Gasteiger partial charge in [-0.05, 0) is 85.3 Å². The Labute approximate surface area is 206 Å². The Hall–Kier alpha value is -2.32. The molecule has 1 unspecified atom stereocenters. The van der Waals surface area contributed by atoms with Gasteiger partial charge in [0.1, 0.15) is 11.5 Å². The number of hydrogen-bond donors (Lipinski definition) is 2. The van der Waals surface area contributed by atoms with Gasteiger partial charge in [-0.3, -0.25) is 9.59 Å². The number of carbonyl (C=O) groups excluding carboxylic acids is 2. The lowest BCUT2D eigenvalue weighted by Crippen LogP contribution is -2.34. The molecule has 0 aromatic carbocycles. The van der Waals surface area contributed by atoms with Crippen LogP contribution in [0.2, 0.25) is 0 Å². The third-order valence-corrected chi connectivity index (χ3v) is 7.90. The van der Waals surface area contributed by atoms with Crippen LogP contribution in [0.5, 0.6) is 0 Å². The molecule has 3 atom stereocenters. The van der Waals surface area contributed by atoms with Crippen LogP contribution < -0.4 is 5.32 Å². The molecular formula is C26H36N4O3S. The number of ketones is 1. The van der Waals surface area contributed by atoms with Crippen LogP contribution in [0.25, 0.3) is 10.4 Å². The van der Waals surface area contributed by atoms with Crippen molar-refractivity contribution in [3.63, 3.8) is 0 Å². The Morgan fingerprint density at radius 2 is 2.03 bits per heavy atom. The van der Waals surface area contributed by atoms with E-state index < -0.39 is 5.60 Å². The van der Waals surface area contributed by atoms with E-state index in [1.807, 2.05) is 17.9 Å². The van der Waals surface area contributed by atoms with Gasteiger partial charge in [-0.1, -0.05) is 0 Å². The van der Waals surface area contributed by atoms with E-state index in [0.29, 0.717) is 41.4 Å². The zero-order valence-electron chi connectivity index (χ0n) is 21.1. The molecule has 4 rings (SSSR count). The van der Waals surface area contributed by atoms with Crippen LogP contribution in [0.4, 0.5) is 5.82 Å². The molecule has 3 heterocycles. The number of amides is 1. The SMILES string of the molecule is Cc1cc(NC(C)(C)C)ncc1-c1sc(C(=O)C2CC[C@](C)(O)C2)nc1C(=O)N1CCC[C@@H]1C. The van der Waals surface area contributed by atoms with Crippen molar-refractivity contribution in [2.24, 2.45) is 5.92 Å². The lowest BCUT2D eigenvalue weighted by Gasteiger charge is -2.22. The molecule has 34 heavy (non-hydrogen) atoms. The number of aromatic nitrogens is 2. The number of hydrogen-bond acceptors (Lipinski definition) is 7. The second-order valence-electron chi connectivity index (χ2n) is 11.2. The number of anilines is 1. The second kappa shape index (κ2) is 9.04. The van der Waals surface area contributed by atoms with Gasteiger partial charge in [-0.15, -0.1) is 11.3 Å². The lowest BCUT2D eigenvalue weighted by atomic mass is 9.99. The van der Waals surface area contributed by atoms with Crippen molar-refractivity contribution in [3.8, 4) is 10.4 Å². The minimum atomic E-state index is -0.819. The van der Waals surface area contributed by atoms with Crippen molar-refractivity contribution in [2.45, 2.75) is 90.8 Å². The fourth-order valence-electron chi connectivity index (χ4n) is 4.99. The summed E-state index contributed by atoms with van der Waals surface area (Å²) in [5.41, 5.74) is 1.19. The summed E-state index contributed by atoms with van der Waals surface area (Å²) in [4.78, 5) is 38.7. The number of Topliss-reactive ketones (excluding diaryl/α,β-unsaturated/α-hetero) is 1. The molecule has 1 aliphatic heterocycles. The highest BCUT2D eigenvalue weighted by atomic mass is 32.1. The summed E-state index contributed by atoms with van der Waals surface area (Å²) in [6, 6.07) is 2.13. The van der Waals surface area contributed by atoms with E-state index >= 15 is 0 Å². The average molecular weight is 485 g/mol. The van der Waals surface area contributed by atoms with Crippen molar-refractivity contribution in [3.05, 3.63) is 28.5 Å². The number of rotatable bonds is 5. The van der Waals surface area contributed by atoms with Gasteiger partial charge in [0.2, 0.25) is 0 Å². The second-order valence-corrected chi connectivity index (χ2v) is 12.2. The quantitative estimate of drug-likeness (QED) is 0.575. The van der Waals surface area contributed by atoms with E-state index in [2.05, 4.69) is 43.0 Å². The zero-order valence-corrected chi connectivity index (χ0v) is 21.9. The number of nitrogens with zero attached hydrogens (tertiary/aromatic N) is 3. The molecule has 1 saturated heterocycles. The Morgan fingerprint density at radius 3 is 2.59 bits per heavy atom. The first-order chi connectivity index (χ1) is 15.8. The molecule has 1 amide bonds. The van der Waals surface area contributed by atoms with Gasteiger partial charge >= 0.3 is 0 Å². The third-order valence-electron chi connectivity index (χ3n) is 6.80. The maximum absolute atomic E-state index is 13.6. The van der Waals surface area contributed by atoms with Crippen LogP contribution in [-0.4, -0.2) is 55.4 Å². The van der Waals surface area contributed by atoms with E-state index in [1.54, 1.807) is 13.1 Å². The first-order valence-corrected chi connectivity index (χ1v) is 13.0. The van der Waals surface area contributed by atoms with Crippen molar-refractivity contribution < 1.29 is 14.7 Å². The molecule has 1 aliphatic carbocycles. The van der Waals surface area contributed by atoms with Gasteiger partial charge < -0.3 is 15.3 Å². The number of nitrogens with one attached hydrogen (secondary N) is 1. The molecule has 2 aliphatic rings. The van der Waals surface area contributed by atoms with Crippen LogP contribution in [0.1, 0.15) is 92.6 Å². The molecular weight excluding hydrogens is 448 g/mol. The van der Waals surface area contributed by atoms with Gasteiger partial charge in [0.05, 0.1) is 10.5 Å². The minimum absolute atomic E-state index is 0.0748. The van der Waals surface area contributed by atoms with Crippen LogP contribution in [0, 0.1) is 12.8 Å². The topological polar surface area (TPSA) is 95.4 Å². The largest absolute Gasteiger partial charge is 0.390 e. The standard InChI is InChI=1S/C26H36N4O3S/c1-15-12-19(29-25(3,4)5)27-14-18(15)22-20(24(32)30-11-7-8-16(30)2)28-23(34-22)21(31)17-9-10-26(6,33)13-17/h12,14,16-17,33H,7-11,13H2,1-6H3,(H,27,29)/t16-,17?,26-/m0/s1. The first-order valence-electron chi connectivity index (χ1n) is 12.2. The fourth-order valence-corrected chi connectivity index (χ4v) is 6.14. The lowest BCUT2D eigenvalue weighted by molar-refractivity contribution is 0.0601. The number of thiazole rings is 1. The van der Waals surface area contributed by atoms with E-state index in [9.17, 15) is 14.7 Å². The van der Waals surface area contributed by atoms with Crippen molar-refractivity contribution in [1.29, 1.82) is 0 Å². The summed E-state index contributed by atoms with van der Waals surface area (Å²) in [5, 5.41) is 14.1. The first kappa shape index (κ1) is 24.8. The van der Waals surface area contributed by atoms with E-state index in [1.165, 1.54) is 11.3 Å². The minimum Gasteiger partial charge on any atom is -0.390 e. The highest BCUT2D eigenvalue weighted by molar-refractivity contribution is 7.17. The van der Waals surface area contributed by atoms with E-state index in [0.717, 1.165) is 29.8 Å². The predicted octanol–water partition coefficient (Wildman–Crippen LogP) is 5.08. The summed E-state index contributed by atoms with van der Waals surface area (Å²) in [6.07, 6.45) is 5.40. The summed E-state index contributed by atoms with van der Waals surface area (Å²) in [6.45, 7) is 12.8. The molecule has 1 saturated carbocycles. The van der Waals surface area contributed by atoms with Crippen molar-refractivity contribution in [1.82, 2.24) is 14.9 Å². The molecule has 8 heteroatoms. The molecule has 0 spiro atoms. The monoisotopic (exact) mass is 484 g/mol. The number of aliphatic hydroxyl groups is 1. The van der Waals surface area contributed by atoms with Gasteiger partial charge in [-0.25, -0.2) is 9.97 Å². The zero-order chi connectivity index (χ0) is 24.8. The normalized spacial score (nSPS) is 25.1. The summed E-state index contributed by atoms with van der Waals surface area (Å²) in [7, 11) is 0. The number of pyridine rings is 1. The maximum Gasteiger partial charge on any atom is 0.274 e. The summed E-state index contributed by atoms with van der Waals surface area (Å²) < 4.78 is 0. The number of carbonyl (C=O) groups is 2. The molecule has 0 bridgehead atoms. The molecule has 0 radical (unpaired) electrons. The van der Waals surface area contributed by atoms with Gasteiger partial charge in [0.15, 0.2) is 10.8 Å². The van der Waals surface area contributed by atoms with Gasteiger partial charge in [-0.2, -0.15) is 0 Å². The predicted molar refractivity (Wildman–Crippen MR) is 135 cm³/mol. The van der Waals surface area contributed by atoms with Crippen molar-refractivity contribution >= 4 is 28.8 Å². The van der Waals surface area contributed by atoms with Crippen LogP contribution in [-0.2, 0) is 0 Å². The average Bonchev–Trinajstić information content (AvgIpc) is 3.44. The Kier molecular flexibility index (Phi) is 6.59. The molecule has 2 aromatic rings. The molecule has 2 aromatic heterocycles. The Balaban J connectivity index is 1.73. The van der Waals surface area contributed by atoms with Crippen molar-refractivity contribution in [2.75, 3.05) is 11.9 Å². The molecule has 2 N–H and O–H groups in total. The van der Waals surface area contributed by atoms with E-state index in [-0.39, 0.29) is 29.2 Å². The smallest absolute Gasteiger partial charge is 0.274 e. The maximum atomic E-state index is 13.6. The Morgan fingerprint density at radius 1 is 1.29 bits per heavy atom. The summed E-state index contributed by atoms with van der Waals surface area (Å²) in [5.74, 6) is 0.309. The highest BCUT2D eigenvalue weighted by Crippen LogP contribution is 2.40. The molecule has 7 nitrogen and oxygen atoms in total. The van der Waals surface area contributed by atoms with Gasteiger partial charge in [0.25, 0.3) is 5.91 Å². The number of likely N-dealkylation sites (tertiary alicyclic amines) is 1. The molecule has 2 fully saturated rings. The van der Waals surface area contributed by atoms with Crippen LogP contribution >= 0.6 is 11.3 Å². The number of aryl methyl sites for hydroxylation is 1. The van der Waals surface area contributed by atoms with Crippen LogP contribution in [0.15, 0.2) is 12.3 Å². The fraction of sp³-hybridized carbons (Fsp3) is 0.615.